The van der Waals surface area contributed by atoms with Crippen molar-refractivity contribution in [3.8, 4) is 5.75 Å². The molecular formula is C31H48N6O5S. The van der Waals surface area contributed by atoms with E-state index in [1.807, 2.05) is 44.2 Å². The quantitative estimate of drug-likeness (QED) is 0.131. The number of likely N-dealkylation sites (tertiary alicyclic amines) is 1. The van der Waals surface area contributed by atoms with Crippen LogP contribution in [0.2, 0.25) is 0 Å². The van der Waals surface area contributed by atoms with Gasteiger partial charge in [-0.25, -0.2) is 0 Å². The molecule has 43 heavy (non-hydrogen) atoms. The third-order valence-electron chi connectivity index (χ3n) is 7.27. The van der Waals surface area contributed by atoms with Crippen LogP contribution in [-0.4, -0.2) is 92.4 Å². The second-order valence-electron chi connectivity index (χ2n) is 10.6. The van der Waals surface area contributed by atoms with Crippen molar-refractivity contribution in [2.45, 2.75) is 58.7 Å². The Morgan fingerprint density at radius 1 is 1.21 bits per heavy atom. The van der Waals surface area contributed by atoms with Crippen molar-refractivity contribution in [2.75, 3.05) is 46.5 Å². The Morgan fingerprint density at radius 3 is 2.47 bits per heavy atom. The van der Waals surface area contributed by atoms with Crippen molar-refractivity contribution in [1.29, 1.82) is 5.41 Å². The summed E-state index contributed by atoms with van der Waals surface area (Å²) >= 11 is 1.42. The van der Waals surface area contributed by atoms with Gasteiger partial charge in [-0.05, 0) is 50.9 Å². The molecule has 5 N–H and O–H groups in total. The zero-order chi connectivity index (χ0) is 31.6. The fraction of sp³-hybridized carbons (Fsp3) is 0.548. The molecule has 3 atom stereocenters. The average molecular weight is 617 g/mol. The number of rotatable bonds is 11. The summed E-state index contributed by atoms with van der Waals surface area (Å²) in [5.74, 6) is 0.683. The summed E-state index contributed by atoms with van der Waals surface area (Å²) in [5.41, 5.74) is 6.07. The monoisotopic (exact) mass is 616 g/mol. The second-order valence-corrected chi connectivity index (χ2v) is 11.6. The summed E-state index contributed by atoms with van der Waals surface area (Å²) in [6, 6.07) is 11.1. The number of amides is 3. The van der Waals surface area contributed by atoms with E-state index in [0.29, 0.717) is 24.9 Å². The third kappa shape index (κ3) is 12.7. The van der Waals surface area contributed by atoms with E-state index < -0.39 is 6.04 Å². The smallest absolute Gasteiger partial charge is 0.243 e. The first-order valence-electron chi connectivity index (χ1n) is 14.8. The number of nitrogens with zero attached hydrogens (tertiary/aromatic N) is 2. The number of nitrogen functional groups attached to an aromatic ring is 1. The Bertz CT molecular complexity index is 1120. The molecule has 2 aromatic rings. The molecule has 3 amide bonds. The minimum Gasteiger partial charge on any atom is -0.494 e. The molecule has 12 heteroatoms. The van der Waals surface area contributed by atoms with Crippen LogP contribution in [-0.2, 0) is 25.7 Å². The molecule has 0 radical (unpaired) electrons. The normalized spacial score (nSPS) is 19.6. The minimum absolute atomic E-state index is 0.00767. The number of carbonyl (C=O) groups is 3. The van der Waals surface area contributed by atoms with E-state index in [9.17, 15) is 14.4 Å². The Hall–Kier alpha value is -3.48. The molecule has 11 nitrogen and oxygen atoms in total. The van der Waals surface area contributed by atoms with E-state index in [1.54, 1.807) is 16.3 Å². The molecule has 2 fully saturated rings. The Morgan fingerprint density at radius 2 is 1.91 bits per heavy atom. The van der Waals surface area contributed by atoms with E-state index in [1.165, 1.54) is 17.8 Å². The SMILES string of the molecule is CC1[C@@H](C)CC(C(=O)NCc2cc(C(=N)N)cs2)N1C(=O)CNC=O.CCCCOc1ccccc1.CN1CCOCC1. The van der Waals surface area contributed by atoms with E-state index in [-0.39, 0.29) is 36.2 Å². The first-order chi connectivity index (χ1) is 20.7. The number of hydrogen-bond donors (Lipinski definition) is 4. The lowest BCUT2D eigenvalue weighted by molar-refractivity contribution is -0.139. The molecule has 2 unspecified atom stereocenters. The van der Waals surface area contributed by atoms with Crippen LogP contribution in [0.5, 0.6) is 5.75 Å². The van der Waals surface area contributed by atoms with Crippen LogP contribution < -0.4 is 21.1 Å². The maximum atomic E-state index is 12.6. The van der Waals surface area contributed by atoms with Crippen molar-refractivity contribution in [3.05, 3.63) is 52.2 Å². The van der Waals surface area contributed by atoms with Gasteiger partial charge < -0.3 is 35.6 Å². The summed E-state index contributed by atoms with van der Waals surface area (Å²) in [5, 5.41) is 14.4. The standard InChI is InChI=1S/C16H23N5O3S.C10H14O.C5H11NO/c1-9-3-13(21(10(9)2)14(23)6-19-8-22)16(24)20-5-12-4-11(7-25-12)15(17)18;1-2-3-9-11-10-7-5-4-6-8-10;1-6-2-4-7-5-3-6/h4,7-10,13H,3,5-6H2,1-2H3,(H3,17,18)(H,19,22)(H,20,24);4-8H,2-3,9H2,1H3;2-5H2,1H3/t9-,10?,13?;;/m0../s1. The number of thiophene rings is 1. The number of likely N-dealkylation sites (N-methyl/N-ethyl adjacent to an activating group) is 1. The van der Waals surface area contributed by atoms with Gasteiger partial charge in [-0.3, -0.25) is 19.8 Å². The highest BCUT2D eigenvalue weighted by atomic mass is 32.1. The summed E-state index contributed by atoms with van der Waals surface area (Å²) in [6.45, 7) is 11.1. The van der Waals surface area contributed by atoms with Crippen LogP contribution in [0, 0.1) is 11.3 Å². The van der Waals surface area contributed by atoms with Gasteiger partial charge in [0.25, 0.3) is 0 Å². The molecule has 1 aromatic heterocycles. The Labute approximate surface area is 259 Å². The van der Waals surface area contributed by atoms with Gasteiger partial charge in [0.15, 0.2) is 0 Å². The molecule has 2 aliphatic rings. The van der Waals surface area contributed by atoms with Crippen LogP contribution in [0.25, 0.3) is 0 Å². The Balaban J connectivity index is 0.000000291. The third-order valence-corrected chi connectivity index (χ3v) is 8.20. The van der Waals surface area contributed by atoms with Crippen LogP contribution >= 0.6 is 11.3 Å². The van der Waals surface area contributed by atoms with Crippen LogP contribution in [0.1, 0.15) is 50.5 Å². The van der Waals surface area contributed by atoms with Gasteiger partial charge >= 0.3 is 0 Å². The number of amidine groups is 1. The summed E-state index contributed by atoms with van der Waals surface area (Å²) < 4.78 is 10.5. The summed E-state index contributed by atoms with van der Waals surface area (Å²) in [7, 11) is 2.11. The molecule has 2 saturated heterocycles. The lowest BCUT2D eigenvalue weighted by Crippen LogP contribution is -2.50. The van der Waals surface area contributed by atoms with Crippen LogP contribution in [0.3, 0.4) is 0 Å². The molecule has 3 heterocycles. The number of ether oxygens (including phenoxy) is 2. The number of benzene rings is 1. The fourth-order valence-corrected chi connectivity index (χ4v) is 5.31. The van der Waals surface area contributed by atoms with Crippen LogP contribution in [0.15, 0.2) is 41.8 Å². The van der Waals surface area contributed by atoms with Gasteiger partial charge in [-0.15, -0.1) is 11.3 Å². The molecule has 1 aromatic carbocycles. The summed E-state index contributed by atoms with van der Waals surface area (Å²) in [6.07, 6.45) is 3.38. The number of para-hydroxylation sites is 1. The predicted molar refractivity (Wildman–Crippen MR) is 170 cm³/mol. The second kappa shape index (κ2) is 19.7. The first kappa shape index (κ1) is 35.7. The molecule has 0 bridgehead atoms. The highest BCUT2D eigenvalue weighted by Crippen LogP contribution is 2.29. The number of carbonyl (C=O) groups excluding carboxylic acids is 3. The topological polar surface area (TPSA) is 150 Å². The molecule has 2 aliphatic heterocycles. The number of morpholine rings is 1. The Kier molecular flexibility index (Phi) is 16.3. The van der Waals surface area contributed by atoms with E-state index in [0.717, 1.165) is 50.0 Å². The average Bonchev–Trinajstić information content (AvgIpc) is 3.61. The minimum atomic E-state index is -0.543. The highest BCUT2D eigenvalue weighted by molar-refractivity contribution is 7.10. The number of nitrogens with one attached hydrogen (secondary N) is 3. The first-order valence-corrected chi connectivity index (χ1v) is 15.7. The van der Waals surface area contributed by atoms with Gasteiger partial charge in [-0.1, -0.05) is 38.5 Å². The molecule has 0 spiro atoms. The van der Waals surface area contributed by atoms with E-state index >= 15 is 0 Å². The summed E-state index contributed by atoms with van der Waals surface area (Å²) in [4.78, 5) is 40.0. The van der Waals surface area contributed by atoms with Gasteiger partial charge in [0.05, 0.1) is 32.9 Å². The number of nitrogens with two attached hydrogens (primary N) is 1. The van der Waals surface area contributed by atoms with Crippen molar-refractivity contribution in [2.24, 2.45) is 11.7 Å². The lowest BCUT2D eigenvalue weighted by Gasteiger charge is -2.28. The van der Waals surface area contributed by atoms with Gasteiger partial charge in [0, 0.05) is 35.0 Å². The number of hydrogen-bond acceptors (Lipinski definition) is 8. The lowest BCUT2D eigenvalue weighted by atomic mass is 10.0. The van der Waals surface area contributed by atoms with Crippen molar-refractivity contribution in [3.63, 3.8) is 0 Å². The van der Waals surface area contributed by atoms with E-state index in [2.05, 4.69) is 29.5 Å². The van der Waals surface area contributed by atoms with Crippen molar-refractivity contribution in [1.82, 2.24) is 20.4 Å². The largest absolute Gasteiger partial charge is 0.494 e. The van der Waals surface area contributed by atoms with Gasteiger partial charge in [0.2, 0.25) is 18.2 Å². The van der Waals surface area contributed by atoms with Gasteiger partial charge in [-0.2, -0.15) is 0 Å². The van der Waals surface area contributed by atoms with Crippen molar-refractivity contribution >= 4 is 35.4 Å². The fourth-order valence-electron chi connectivity index (χ4n) is 4.49. The predicted octanol–water partition coefficient (Wildman–Crippen LogP) is 2.83. The zero-order valence-electron chi connectivity index (χ0n) is 25.8. The van der Waals surface area contributed by atoms with E-state index in [4.69, 9.17) is 20.6 Å². The van der Waals surface area contributed by atoms with Crippen LogP contribution in [0.4, 0.5) is 0 Å². The molecule has 0 saturated carbocycles. The number of unbranched alkanes of at least 4 members (excludes halogenated alkanes) is 1. The highest BCUT2D eigenvalue weighted by Gasteiger charge is 2.42. The molecule has 0 aliphatic carbocycles. The van der Waals surface area contributed by atoms with Crippen molar-refractivity contribution < 1.29 is 23.9 Å². The maximum absolute atomic E-state index is 12.6. The maximum Gasteiger partial charge on any atom is 0.243 e. The molecule has 4 rings (SSSR count). The zero-order valence-corrected chi connectivity index (χ0v) is 26.7. The molecule has 238 valence electrons. The van der Waals surface area contributed by atoms with Gasteiger partial charge in [0.1, 0.15) is 17.6 Å². The molecular weight excluding hydrogens is 568 g/mol.